The number of ether oxygens (including phenoxy) is 1. The Morgan fingerprint density at radius 1 is 1.42 bits per heavy atom. The summed E-state index contributed by atoms with van der Waals surface area (Å²) in [6.07, 6.45) is 1.73. The molecular formula is C13H16ClN3O2. The Balaban J connectivity index is 2.05. The van der Waals surface area contributed by atoms with Gasteiger partial charge in [-0.3, -0.25) is 0 Å². The van der Waals surface area contributed by atoms with Gasteiger partial charge in [-0.2, -0.15) is 4.98 Å². The van der Waals surface area contributed by atoms with Gasteiger partial charge < -0.3 is 15.0 Å². The highest BCUT2D eigenvalue weighted by atomic mass is 35.5. The van der Waals surface area contributed by atoms with Crippen LogP contribution in [0.1, 0.15) is 30.6 Å². The van der Waals surface area contributed by atoms with Gasteiger partial charge in [0.15, 0.2) is 6.61 Å². The topological polar surface area (TPSA) is 74.2 Å². The molecule has 6 heteroatoms. The Bertz CT molecular complexity index is 542. The van der Waals surface area contributed by atoms with Crippen molar-refractivity contribution in [1.82, 2.24) is 10.1 Å². The van der Waals surface area contributed by atoms with Crippen LogP contribution < -0.4 is 10.5 Å². The first-order chi connectivity index (χ1) is 9.24. The van der Waals surface area contributed by atoms with Crippen LogP contribution in [0.4, 0.5) is 0 Å². The van der Waals surface area contributed by atoms with E-state index in [2.05, 4.69) is 17.1 Å². The summed E-state index contributed by atoms with van der Waals surface area (Å²) >= 11 is 6.08. The van der Waals surface area contributed by atoms with E-state index in [-0.39, 0.29) is 6.61 Å². The summed E-state index contributed by atoms with van der Waals surface area (Å²) in [5.41, 5.74) is 6.50. The fraction of sp³-hybridized carbons (Fsp3) is 0.385. The van der Waals surface area contributed by atoms with E-state index in [1.807, 2.05) is 12.1 Å². The molecular weight excluding hydrogens is 266 g/mol. The number of benzene rings is 1. The molecule has 0 spiro atoms. The van der Waals surface area contributed by atoms with Gasteiger partial charge in [-0.05, 0) is 12.5 Å². The zero-order valence-electron chi connectivity index (χ0n) is 10.7. The molecule has 102 valence electrons. The number of nitrogens with two attached hydrogens (primary N) is 1. The molecule has 2 N–H and O–H groups in total. The molecule has 0 atom stereocenters. The Kier molecular flexibility index (Phi) is 4.76. The van der Waals surface area contributed by atoms with Crippen LogP contribution in [0.2, 0.25) is 5.02 Å². The average molecular weight is 282 g/mol. The molecule has 1 aromatic carbocycles. The second kappa shape index (κ2) is 6.54. The zero-order chi connectivity index (χ0) is 13.7. The molecule has 2 aromatic rings. The number of nitrogens with zero attached hydrogens (tertiary/aromatic N) is 2. The minimum atomic E-state index is 0.212. The van der Waals surface area contributed by atoms with Gasteiger partial charge in [0.1, 0.15) is 5.75 Å². The quantitative estimate of drug-likeness (QED) is 0.881. The number of para-hydroxylation sites is 1. The number of aryl methyl sites for hydroxylation is 1. The summed E-state index contributed by atoms with van der Waals surface area (Å²) in [4.78, 5) is 4.22. The van der Waals surface area contributed by atoms with Crippen molar-refractivity contribution >= 4 is 11.6 Å². The first-order valence-electron chi connectivity index (χ1n) is 6.16. The highest BCUT2D eigenvalue weighted by molar-refractivity contribution is 6.32. The minimum Gasteiger partial charge on any atom is -0.484 e. The van der Waals surface area contributed by atoms with Crippen molar-refractivity contribution in [1.29, 1.82) is 0 Å². The van der Waals surface area contributed by atoms with E-state index in [1.165, 1.54) is 0 Å². The Morgan fingerprint density at radius 3 is 3.00 bits per heavy atom. The number of hydrogen-bond acceptors (Lipinski definition) is 5. The van der Waals surface area contributed by atoms with E-state index in [1.54, 1.807) is 6.07 Å². The van der Waals surface area contributed by atoms with E-state index in [0.29, 0.717) is 29.0 Å². The van der Waals surface area contributed by atoms with E-state index in [9.17, 15) is 0 Å². The number of aromatic nitrogens is 2. The van der Waals surface area contributed by atoms with Gasteiger partial charge in [0.25, 0.3) is 0 Å². The van der Waals surface area contributed by atoms with Crippen LogP contribution in [0.5, 0.6) is 5.75 Å². The van der Waals surface area contributed by atoms with Crippen molar-refractivity contribution in [3.8, 4) is 5.75 Å². The lowest BCUT2D eigenvalue weighted by Gasteiger charge is -2.10. The monoisotopic (exact) mass is 281 g/mol. The maximum atomic E-state index is 6.08. The van der Waals surface area contributed by atoms with Crippen molar-refractivity contribution in [2.24, 2.45) is 5.73 Å². The Hall–Kier alpha value is -1.59. The van der Waals surface area contributed by atoms with Crippen molar-refractivity contribution < 1.29 is 9.26 Å². The van der Waals surface area contributed by atoms with Gasteiger partial charge in [-0.1, -0.05) is 35.8 Å². The van der Waals surface area contributed by atoms with Crippen LogP contribution in [0.25, 0.3) is 0 Å². The molecule has 1 heterocycles. The molecule has 0 radical (unpaired) electrons. The van der Waals surface area contributed by atoms with E-state index in [0.717, 1.165) is 18.4 Å². The highest BCUT2D eigenvalue weighted by Gasteiger charge is 2.10. The molecule has 0 saturated heterocycles. The predicted octanol–water partition coefficient (Wildman–Crippen LogP) is 2.71. The smallest absolute Gasteiger partial charge is 0.226 e. The average Bonchev–Trinajstić information content (AvgIpc) is 2.85. The summed E-state index contributed by atoms with van der Waals surface area (Å²) < 4.78 is 10.7. The predicted molar refractivity (Wildman–Crippen MR) is 72.0 cm³/mol. The van der Waals surface area contributed by atoms with Crippen LogP contribution in [-0.2, 0) is 19.6 Å². The summed E-state index contributed by atoms with van der Waals surface area (Å²) in [5.74, 6) is 1.71. The fourth-order valence-corrected chi connectivity index (χ4v) is 1.93. The zero-order valence-corrected chi connectivity index (χ0v) is 11.5. The van der Waals surface area contributed by atoms with Crippen molar-refractivity contribution in [2.75, 3.05) is 0 Å². The molecule has 1 aromatic heterocycles. The molecule has 0 bridgehead atoms. The second-order valence-corrected chi connectivity index (χ2v) is 4.48. The summed E-state index contributed by atoms with van der Waals surface area (Å²) in [6.45, 7) is 2.63. The lowest BCUT2D eigenvalue weighted by atomic mass is 10.2. The number of rotatable bonds is 6. The van der Waals surface area contributed by atoms with Gasteiger partial charge in [0, 0.05) is 18.5 Å². The maximum absolute atomic E-state index is 6.08. The lowest BCUT2D eigenvalue weighted by Crippen LogP contribution is -2.04. The first kappa shape index (κ1) is 13.8. The van der Waals surface area contributed by atoms with Crippen LogP contribution in [0.15, 0.2) is 22.7 Å². The maximum Gasteiger partial charge on any atom is 0.226 e. The molecule has 0 fully saturated rings. The second-order valence-electron chi connectivity index (χ2n) is 4.08. The molecule has 0 aliphatic heterocycles. The number of halogens is 1. The van der Waals surface area contributed by atoms with Crippen molar-refractivity contribution in [3.05, 3.63) is 40.5 Å². The molecule has 0 saturated carbocycles. The van der Waals surface area contributed by atoms with Gasteiger partial charge >= 0.3 is 0 Å². The Labute approximate surface area is 116 Å². The van der Waals surface area contributed by atoms with Crippen LogP contribution in [-0.4, -0.2) is 10.1 Å². The highest BCUT2D eigenvalue weighted by Crippen LogP contribution is 2.28. The number of hydrogen-bond donors (Lipinski definition) is 1. The molecule has 2 rings (SSSR count). The van der Waals surface area contributed by atoms with Crippen molar-refractivity contribution in [2.45, 2.75) is 32.9 Å². The van der Waals surface area contributed by atoms with Crippen molar-refractivity contribution in [3.63, 3.8) is 0 Å². The van der Waals surface area contributed by atoms with Crippen LogP contribution in [0.3, 0.4) is 0 Å². The summed E-state index contributed by atoms with van der Waals surface area (Å²) in [7, 11) is 0. The van der Waals surface area contributed by atoms with E-state index < -0.39 is 0 Å². The molecule has 19 heavy (non-hydrogen) atoms. The largest absolute Gasteiger partial charge is 0.484 e. The molecule has 5 nitrogen and oxygen atoms in total. The summed E-state index contributed by atoms with van der Waals surface area (Å²) in [6, 6.07) is 5.47. The Morgan fingerprint density at radius 2 is 2.26 bits per heavy atom. The van der Waals surface area contributed by atoms with Gasteiger partial charge in [0.2, 0.25) is 11.7 Å². The summed E-state index contributed by atoms with van der Waals surface area (Å²) in [5, 5.41) is 4.38. The third-order valence-corrected chi connectivity index (χ3v) is 2.89. The van der Waals surface area contributed by atoms with Gasteiger partial charge in [0.05, 0.1) is 5.02 Å². The minimum absolute atomic E-state index is 0.212. The molecule has 0 aliphatic carbocycles. The molecule has 0 amide bonds. The third kappa shape index (κ3) is 3.45. The third-order valence-electron chi connectivity index (χ3n) is 2.59. The lowest BCUT2D eigenvalue weighted by molar-refractivity contribution is 0.282. The van der Waals surface area contributed by atoms with E-state index in [4.69, 9.17) is 26.6 Å². The molecule has 0 aliphatic rings. The van der Waals surface area contributed by atoms with E-state index >= 15 is 0 Å². The van der Waals surface area contributed by atoms with Gasteiger partial charge in [-0.25, -0.2) is 0 Å². The fourth-order valence-electron chi connectivity index (χ4n) is 1.68. The SMILES string of the molecule is CCCc1nc(COc2c(Cl)cccc2CN)no1. The molecule has 0 unspecified atom stereocenters. The van der Waals surface area contributed by atoms with Crippen LogP contribution in [0, 0.1) is 0 Å². The first-order valence-corrected chi connectivity index (χ1v) is 6.54. The van der Waals surface area contributed by atoms with Crippen LogP contribution >= 0.6 is 11.6 Å². The van der Waals surface area contributed by atoms with Gasteiger partial charge in [-0.15, -0.1) is 0 Å². The normalized spacial score (nSPS) is 10.7. The standard InChI is InChI=1S/C13H16ClN3O2/c1-2-4-12-16-11(17-19-12)8-18-13-9(7-15)5-3-6-10(13)14/h3,5-6H,2,4,7-8,15H2,1H3.